The molecular weight excluding hydrogens is 291 g/mol. The quantitative estimate of drug-likeness (QED) is 0.945. The van der Waals surface area contributed by atoms with E-state index in [-0.39, 0.29) is 0 Å². The van der Waals surface area contributed by atoms with E-state index in [1.54, 1.807) is 4.68 Å². The number of aromatic nitrogens is 3. The van der Waals surface area contributed by atoms with E-state index in [1.807, 2.05) is 24.4 Å². The third-order valence-electron chi connectivity index (χ3n) is 2.10. The Balaban J connectivity index is 2.35. The molecule has 84 valence electrons. The van der Waals surface area contributed by atoms with Gasteiger partial charge in [-0.05, 0) is 40.7 Å². The summed E-state index contributed by atoms with van der Waals surface area (Å²) < 4.78 is 2.58. The maximum atomic E-state index is 5.87. The lowest BCUT2D eigenvalue weighted by molar-refractivity contribution is 0.792. The van der Waals surface area contributed by atoms with Gasteiger partial charge in [-0.2, -0.15) is 0 Å². The van der Waals surface area contributed by atoms with Gasteiger partial charge in [-0.15, -0.1) is 5.10 Å². The van der Waals surface area contributed by atoms with Crippen molar-refractivity contribution in [2.24, 2.45) is 5.73 Å². The second-order valence-electron chi connectivity index (χ2n) is 3.29. The maximum absolute atomic E-state index is 5.87. The fourth-order valence-corrected chi connectivity index (χ4v) is 2.21. The molecule has 0 bridgehead atoms. The van der Waals surface area contributed by atoms with Crippen molar-refractivity contribution in [2.45, 2.75) is 6.42 Å². The monoisotopic (exact) mass is 300 g/mol. The van der Waals surface area contributed by atoms with Crippen LogP contribution in [0.25, 0.3) is 5.69 Å². The Labute approximate surface area is 107 Å². The minimum Gasteiger partial charge on any atom is -0.330 e. The second kappa shape index (κ2) is 4.95. The van der Waals surface area contributed by atoms with Crippen molar-refractivity contribution in [2.75, 3.05) is 6.54 Å². The molecule has 0 saturated heterocycles. The fourth-order valence-electron chi connectivity index (χ4n) is 1.35. The average molecular weight is 302 g/mol. The molecule has 2 N–H and O–H groups in total. The molecule has 0 amide bonds. The van der Waals surface area contributed by atoms with Crippen molar-refractivity contribution in [3.05, 3.63) is 39.6 Å². The third kappa shape index (κ3) is 2.42. The number of nitrogens with zero attached hydrogens (tertiary/aromatic N) is 3. The highest BCUT2D eigenvalue weighted by Crippen LogP contribution is 2.24. The topological polar surface area (TPSA) is 56.7 Å². The molecule has 0 saturated carbocycles. The van der Waals surface area contributed by atoms with Gasteiger partial charge < -0.3 is 5.73 Å². The van der Waals surface area contributed by atoms with Crippen LogP contribution in [0.1, 0.15) is 5.69 Å². The van der Waals surface area contributed by atoms with E-state index >= 15 is 0 Å². The molecule has 0 fully saturated rings. The van der Waals surface area contributed by atoms with Crippen molar-refractivity contribution in [3.63, 3.8) is 0 Å². The standard InChI is InChI=1S/C10H10BrClN4/c11-9-5-7(12)1-2-10(9)16-6-8(3-4-13)14-15-16/h1-2,5-6H,3-4,13H2. The molecule has 2 aromatic rings. The van der Waals surface area contributed by atoms with Crippen molar-refractivity contribution in [1.82, 2.24) is 15.0 Å². The van der Waals surface area contributed by atoms with E-state index in [0.717, 1.165) is 22.3 Å². The normalized spacial score (nSPS) is 10.7. The number of nitrogens with two attached hydrogens (primary N) is 1. The molecule has 6 heteroatoms. The van der Waals surface area contributed by atoms with Crippen LogP contribution in [0.4, 0.5) is 0 Å². The fraction of sp³-hybridized carbons (Fsp3) is 0.200. The molecule has 0 aliphatic rings. The van der Waals surface area contributed by atoms with E-state index in [0.29, 0.717) is 11.6 Å². The smallest absolute Gasteiger partial charge is 0.0844 e. The number of halogens is 2. The zero-order chi connectivity index (χ0) is 11.5. The van der Waals surface area contributed by atoms with Gasteiger partial charge in [-0.3, -0.25) is 0 Å². The Kier molecular flexibility index (Phi) is 3.58. The average Bonchev–Trinajstić information content (AvgIpc) is 2.67. The lowest BCUT2D eigenvalue weighted by Gasteiger charge is -2.03. The van der Waals surface area contributed by atoms with Crippen LogP contribution in [0.15, 0.2) is 28.9 Å². The molecule has 16 heavy (non-hydrogen) atoms. The van der Waals surface area contributed by atoms with Gasteiger partial charge in [0, 0.05) is 15.9 Å². The summed E-state index contributed by atoms with van der Waals surface area (Å²) >= 11 is 9.30. The summed E-state index contributed by atoms with van der Waals surface area (Å²) in [6.07, 6.45) is 2.59. The molecule has 0 spiro atoms. The summed E-state index contributed by atoms with van der Waals surface area (Å²) in [5, 5.41) is 8.74. The lowest BCUT2D eigenvalue weighted by atomic mass is 10.3. The van der Waals surface area contributed by atoms with Gasteiger partial charge in [-0.25, -0.2) is 4.68 Å². The van der Waals surface area contributed by atoms with Crippen LogP contribution < -0.4 is 5.73 Å². The Hall–Kier alpha value is -0.910. The molecule has 4 nitrogen and oxygen atoms in total. The Morgan fingerprint density at radius 1 is 1.44 bits per heavy atom. The molecule has 0 aliphatic heterocycles. The zero-order valence-electron chi connectivity index (χ0n) is 8.40. The van der Waals surface area contributed by atoms with Crippen molar-refractivity contribution in [1.29, 1.82) is 0 Å². The van der Waals surface area contributed by atoms with Gasteiger partial charge >= 0.3 is 0 Å². The molecule has 0 radical (unpaired) electrons. The highest BCUT2D eigenvalue weighted by atomic mass is 79.9. The van der Waals surface area contributed by atoms with Crippen LogP contribution in [0, 0.1) is 0 Å². The van der Waals surface area contributed by atoms with E-state index in [4.69, 9.17) is 17.3 Å². The summed E-state index contributed by atoms with van der Waals surface area (Å²) in [6, 6.07) is 5.51. The predicted octanol–water partition coefficient (Wildman–Crippen LogP) is 2.18. The second-order valence-corrected chi connectivity index (χ2v) is 4.58. The largest absolute Gasteiger partial charge is 0.330 e. The first-order chi connectivity index (χ1) is 7.70. The zero-order valence-corrected chi connectivity index (χ0v) is 10.7. The molecule has 2 rings (SSSR count). The van der Waals surface area contributed by atoms with Crippen LogP contribution >= 0.6 is 27.5 Å². The molecular formula is C10H10BrClN4. The van der Waals surface area contributed by atoms with E-state index in [9.17, 15) is 0 Å². The molecule has 1 aromatic carbocycles. The van der Waals surface area contributed by atoms with Crippen LogP contribution in [0.3, 0.4) is 0 Å². The van der Waals surface area contributed by atoms with Crippen molar-refractivity contribution < 1.29 is 0 Å². The van der Waals surface area contributed by atoms with Crippen molar-refractivity contribution in [3.8, 4) is 5.69 Å². The van der Waals surface area contributed by atoms with Crippen LogP contribution in [-0.4, -0.2) is 21.5 Å². The first-order valence-electron chi connectivity index (χ1n) is 4.77. The summed E-state index contributed by atoms with van der Waals surface area (Å²) in [7, 11) is 0. The van der Waals surface area contributed by atoms with Gasteiger partial charge in [-0.1, -0.05) is 16.8 Å². The number of rotatable bonds is 3. The summed E-state index contributed by atoms with van der Waals surface area (Å²) in [6.45, 7) is 0.570. The summed E-state index contributed by atoms with van der Waals surface area (Å²) in [5.41, 5.74) is 7.24. The summed E-state index contributed by atoms with van der Waals surface area (Å²) in [5.74, 6) is 0. The predicted molar refractivity (Wildman–Crippen MR) is 66.8 cm³/mol. The lowest BCUT2D eigenvalue weighted by Crippen LogP contribution is -2.02. The molecule has 0 aliphatic carbocycles. The van der Waals surface area contributed by atoms with Crippen LogP contribution in [0.2, 0.25) is 5.02 Å². The highest BCUT2D eigenvalue weighted by Gasteiger charge is 2.06. The molecule has 0 atom stereocenters. The van der Waals surface area contributed by atoms with Crippen molar-refractivity contribution >= 4 is 27.5 Å². The maximum Gasteiger partial charge on any atom is 0.0844 e. The molecule has 1 heterocycles. The minimum atomic E-state index is 0.570. The van der Waals surface area contributed by atoms with Gasteiger partial charge in [0.15, 0.2) is 0 Å². The molecule has 1 aromatic heterocycles. The number of hydrogen-bond acceptors (Lipinski definition) is 3. The SMILES string of the molecule is NCCc1cn(-c2ccc(Cl)cc2Br)nn1. The Morgan fingerprint density at radius 2 is 2.25 bits per heavy atom. The first-order valence-corrected chi connectivity index (χ1v) is 5.94. The highest BCUT2D eigenvalue weighted by molar-refractivity contribution is 9.10. The van der Waals surface area contributed by atoms with Crippen LogP contribution in [-0.2, 0) is 6.42 Å². The van der Waals surface area contributed by atoms with E-state index < -0.39 is 0 Å². The first kappa shape index (κ1) is 11.6. The van der Waals surface area contributed by atoms with Crippen LogP contribution in [0.5, 0.6) is 0 Å². The molecule has 0 unspecified atom stereocenters. The van der Waals surface area contributed by atoms with Gasteiger partial charge in [0.2, 0.25) is 0 Å². The summed E-state index contributed by atoms with van der Waals surface area (Å²) in [4.78, 5) is 0. The number of hydrogen-bond donors (Lipinski definition) is 1. The van der Waals surface area contributed by atoms with E-state index in [1.165, 1.54) is 0 Å². The Bertz CT molecular complexity index is 497. The van der Waals surface area contributed by atoms with Gasteiger partial charge in [0.1, 0.15) is 0 Å². The Morgan fingerprint density at radius 3 is 2.94 bits per heavy atom. The number of benzene rings is 1. The van der Waals surface area contributed by atoms with E-state index in [2.05, 4.69) is 26.2 Å². The van der Waals surface area contributed by atoms with Gasteiger partial charge in [0.05, 0.1) is 17.6 Å². The van der Waals surface area contributed by atoms with Gasteiger partial charge in [0.25, 0.3) is 0 Å². The minimum absolute atomic E-state index is 0.570. The third-order valence-corrected chi connectivity index (χ3v) is 2.97.